The minimum Gasteiger partial charge on any atom is -0.386 e. The number of methoxy groups -OCH3 is 1. The van der Waals surface area contributed by atoms with Crippen LogP contribution in [-0.2, 0) is 4.74 Å². The van der Waals surface area contributed by atoms with Crippen molar-refractivity contribution < 1.29 is 9.84 Å². The highest BCUT2D eigenvalue weighted by molar-refractivity contribution is 4.92. The Bertz CT molecular complexity index is 152. The third-order valence-corrected chi connectivity index (χ3v) is 2.89. The number of aliphatic hydroxyl groups is 1. The van der Waals surface area contributed by atoms with Gasteiger partial charge in [-0.15, -0.1) is 0 Å². The van der Waals surface area contributed by atoms with E-state index in [1.54, 1.807) is 7.11 Å². The molecule has 0 saturated heterocycles. The average molecular weight is 187 g/mol. The first-order chi connectivity index (χ1) is 6.23. The highest BCUT2D eigenvalue weighted by Gasteiger charge is 2.38. The maximum Gasteiger partial charge on any atom is 0.103 e. The molecule has 0 aromatic carbocycles. The van der Waals surface area contributed by atoms with E-state index in [-0.39, 0.29) is 6.10 Å². The molecule has 1 fully saturated rings. The molecule has 13 heavy (non-hydrogen) atoms. The fraction of sp³-hybridized carbons (Fsp3) is 1.00. The third kappa shape index (κ3) is 2.66. The number of hydrogen-bond donors (Lipinski definition) is 2. The third-order valence-electron chi connectivity index (χ3n) is 2.89. The van der Waals surface area contributed by atoms with Crippen LogP contribution in [0.25, 0.3) is 0 Å². The molecule has 0 amide bonds. The van der Waals surface area contributed by atoms with Gasteiger partial charge in [-0.2, -0.15) is 0 Å². The fourth-order valence-corrected chi connectivity index (χ4v) is 2.07. The van der Waals surface area contributed by atoms with Crippen LogP contribution in [0.3, 0.4) is 0 Å². The lowest BCUT2D eigenvalue weighted by Gasteiger charge is -2.39. The molecule has 78 valence electrons. The summed E-state index contributed by atoms with van der Waals surface area (Å²) in [5.41, 5.74) is -0.636. The van der Waals surface area contributed by atoms with Gasteiger partial charge in [-0.3, -0.25) is 0 Å². The zero-order valence-electron chi connectivity index (χ0n) is 8.68. The number of likely N-dealkylation sites (N-methyl/N-ethyl adjacent to an activating group) is 1. The number of hydrogen-bond acceptors (Lipinski definition) is 3. The Morgan fingerprint density at radius 1 is 1.54 bits per heavy atom. The van der Waals surface area contributed by atoms with E-state index in [9.17, 15) is 5.11 Å². The molecule has 1 rings (SSSR count). The summed E-state index contributed by atoms with van der Waals surface area (Å²) in [6, 6.07) is 0. The van der Waals surface area contributed by atoms with Gasteiger partial charge in [0.05, 0.1) is 6.10 Å². The van der Waals surface area contributed by atoms with Gasteiger partial charge in [0.1, 0.15) is 5.60 Å². The van der Waals surface area contributed by atoms with Gasteiger partial charge in [0.15, 0.2) is 0 Å². The molecule has 1 saturated carbocycles. The number of nitrogens with one attached hydrogen (secondary N) is 1. The summed E-state index contributed by atoms with van der Waals surface area (Å²) < 4.78 is 5.31. The zero-order valence-corrected chi connectivity index (χ0v) is 8.68. The van der Waals surface area contributed by atoms with Gasteiger partial charge in [-0.05, 0) is 19.4 Å². The molecule has 0 radical (unpaired) electrons. The summed E-state index contributed by atoms with van der Waals surface area (Å²) in [6.07, 6.45) is 4.14. The van der Waals surface area contributed by atoms with Crippen LogP contribution in [0.5, 0.6) is 0 Å². The standard InChI is InChI=1S/C10H21NO2/c1-3-11-8-10(12)7-5-4-6-9(10)13-2/h9,11-12H,3-8H2,1-2H3. The molecule has 0 aromatic heterocycles. The summed E-state index contributed by atoms with van der Waals surface area (Å²) in [6.45, 7) is 3.61. The molecule has 0 spiro atoms. The van der Waals surface area contributed by atoms with Crippen LogP contribution in [0.2, 0.25) is 0 Å². The highest BCUT2D eigenvalue weighted by atomic mass is 16.5. The van der Waals surface area contributed by atoms with Crippen LogP contribution in [0.1, 0.15) is 32.6 Å². The van der Waals surface area contributed by atoms with E-state index in [0.29, 0.717) is 6.54 Å². The van der Waals surface area contributed by atoms with E-state index in [1.165, 1.54) is 6.42 Å². The summed E-state index contributed by atoms with van der Waals surface area (Å²) in [7, 11) is 1.69. The molecule has 1 aliphatic rings. The summed E-state index contributed by atoms with van der Waals surface area (Å²) in [5, 5.41) is 13.5. The Labute approximate surface area is 80.5 Å². The Kier molecular flexibility index (Phi) is 4.16. The topological polar surface area (TPSA) is 41.5 Å². The first-order valence-corrected chi connectivity index (χ1v) is 5.19. The van der Waals surface area contributed by atoms with Gasteiger partial charge in [-0.1, -0.05) is 19.8 Å². The van der Waals surface area contributed by atoms with Crippen molar-refractivity contribution in [2.75, 3.05) is 20.2 Å². The normalized spacial score (nSPS) is 34.8. The van der Waals surface area contributed by atoms with E-state index >= 15 is 0 Å². The molecule has 2 N–H and O–H groups in total. The second-order valence-electron chi connectivity index (χ2n) is 3.85. The van der Waals surface area contributed by atoms with Crippen LogP contribution < -0.4 is 5.32 Å². The SMILES string of the molecule is CCNCC1(O)CCCCC1OC. The lowest BCUT2D eigenvalue weighted by Crippen LogP contribution is -2.52. The molecule has 2 atom stereocenters. The van der Waals surface area contributed by atoms with Gasteiger partial charge in [0.2, 0.25) is 0 Å². The lowest BCUT2D eigenvalue weighted by atomic mass is 9.82. The molecule has 1 aliphatic carbocycles. The van der Waals surface area contributed by atoms with Gasteiger partial charge in [0, 0.05) is 13.7 Å². The second kappa shape index (κ2) is 4.94. The van der Waals surface area contributed by atoms with Crippen molar-refractivity contribution in [2.45, 2.75) is 44.3 Å². The van der Waals surface area contributed by atoms with Crippen molar-refractivity contribution in [1.82, 2.24) is 5.32 Å². The summed E-state index contributed by atoms with van der Waals surface area (Å²) in [4.78, 5) is 0. The average Bonchev–Trinajstić information content (AvgIpc) is 2.16. The van der Waals surface area contributed by atoms with Gasteiger partial charge >= 0.3 is 0 Å². The van der Waals surface area contributed by atoms with Crippen LogP contribution in [-0.4, -0.2) is 37.0 Å². The van der Waals surface area contributed by atoms with Crippen LogP contribution in [0.4, 0.5) is 0 Å². The van der Waals surface area contributed by atoms with Gasteiger partial charge in [0.25, 0.3) is 0 Å². The number of ether oxygens (including phenoxy) is 1. The first-order valence-electron chi connectivity index (χ1n) is 5.19. The number of rotatable bonds is 4. The quantitative estimate of drug-likeness (QED) is 0.687. The maximum atomic E-state index is 10.3. The minimum absolute atomic E-state index is 0.0142. The summed E-state index contributed by atoms with van der Waals surface area (Å²) >= 11 is 0. The molecule has 0 aliphatic heterocycles. The molecular formula is C10H21NO2. The smallest absolute Gasteiger partial charge is 0.103 e. The Morgan fingerprint density at radius 2 is 2.31 bits per heavy atom. The van der Waals surface area contributed by atoms with Crippen molar-refractivity contribution in [3.05, 3.63) is 0 Å². The van der Waals surface area contributed by atoms with E-state index < -0.39 is 5.60 Å². The molecule has 3 nitrogen and oxygen atoms in total. The van der Waals surface area contributed by atoms with Crippen molar-refractivity contribution in [2.24, 2.45) is 0 Å². The Morgan fingerprint density at radius 3 is 2.92 bits per heavy atom. The molecule has 3 heteroatoms. The Balaban J connectivity index is 2.49. The molecule has 0 aromatic rings. The van der Waals surface area contributed by atoms with Crippen molar-refractivity contribution >= 4 is 0 Å². The van der Waals surface area contributed by atoms with E-state index in [4.69, 9.17) is 4.74 Å². The van der Waals surface area contributed by atoms with Crippen LogP contribution in [0.15, 0.2) is 0 Å². The minimum atomic E-state index is -0.636. The fourth-order valence-electron chi connectivity index (χ4n) is 2.07. The predicted octanol–water partition coefficient (Wildman–Crippen LogP) is 0.916. The van der Waals surface area contributed by atoms with Gasteiger partial charge < -0.3 is 15.2 Å². The molecular weight excluding hydrogens is 166 g/mol. The molecule has 0 heterocycles. The molecule has 0 bridgehead atoms. The van der Waals surface area contributed by atoms with Crippen molar-refractivity contribution in [3.8, 4) is 0 Å². The zero-order chi connectivity index (χ0) is 9.73. The molecule has 2 unspecified atom stereocenters. The summed E-state index contributed by atoms with van der Waals surface area (Å²) in [5.74, 6) is 0. The van der Waals surface area contributed by atoms with Crippen molar-refractivity contribution in [3.63, 3.8) is 0 Å². The highest BCUT2D eigenvalue weighted by Crippen LogP contribution is 2.29. The maximum absolute atomic E-state index is 10.3. The first kappa shape index (κ1) is 11.0. The predicted molar refractivity (Wildman–Crippen MR) is 52.8 cm³/mol. The van der Waals surface area contributed by atoms with Crippen LogP contribution in [0, 0.1) is 0 Å². The van der Waals surface area contributed by atoms with E-state index in [0.717, 1.165) is 25.8 Å². The van der Waals surface area contributed by atoms with E-state index in [1.807, 2.05) is 6.92 Å². The van der Waals surface area contributed by atoms with Gasteiger partial charge in [-0.25, -0.2) is 0 Å². The largest absolute Gasteiger partial charge is 0.386 e. The Hall–Kier alpha value is -0.120. The van der Waals surface area contributed by atoms with Crippen LogP contribution >= 0.6 is 0 Å². The second-order valence-corrected chi connectivity index (χ2v) is 3.85. The van der Waals surface area contributed by atoms with E-state index in [2.05, 4.69) is 5.32 Å². The van der Waals surface area contributed by atoms with Crippen molar-refractivity contribution in [1.29, 1.82) is 0 Å². The monoisotopic (exact) mass is 187 g/mol. The lowest BCUT2D eigenvalue weighted by molar-refractivity contribution is -0.114.